The van der Waals surface area contributed by atoms with Gasteiger partial charge in [0.05, 0.1) is 6.42 Å². The van der Waals surface area contributed by atoms with E-state index < -0.39 is 5.97 Å². The van der Waals surface area contributed by atoms with E-state index in [9.17, 15) is 4.79 Å². The normalized spacial score (nSPS) is 31.8. The monoisotopic (exact) mass is 182 g/mol. The number of carboxylic acids is 1. The fraction of sp³-hybridized carbons (Fsp3) is 0.444. The van der Waals surface area contributed by atoms with Crippen molar-refractivity contribution in [3.8, 4) is 0 Å². The zero-order valence-corrected chi connectivity index (χ0v) is 7.38. The molecule has 12 heavy (non-hydrogen) atoms. The first-order chi connectivity index (χ1) is 5.77. The van der Waals surface area contributed by atoms with Crippen molar-refractivity contribution >= 4 is 17.7 Å². The molecule has 3 heteroatoms. The maximum absolute atomic E-state index is 10.5. The molecule has 0 fully saturated rings. The van der Waals surface area contributed by atoms with Crippen LogP contribution < -0.4 is 0 Å². The Bertz CT molecular complexity index is 268. The Morgan fingerprint density at radius 2 is 2.58 bits per heavy atom. The highest BCUT2D eigenvalue weighted by Gasteiger charge is 2.31. The summed E-state index contributed by atoms with van der Waals surface area (Å²) in [6, 6.07) is 0. The van der Waals surface area contributed by atoms with Gasteiger partial charge < -0.3 is 5.11 Å². The summed E-state index contributed by atoms with van der Waals surface area (Å²) in [5.74, 6) is -0.140. The molecular formula is C9H10O2S. The maximum Gasteiger partial charge on any atom is 0.307 e. The van der Waals surface area contributed by atoms with E-state index in [1.54, 1.807) is 11.8 Å². The summed E-state index contributed by atoms with van der Waals surface area (Å²) in [4.78, 5) is 10.5. The molecule has 2 unspecified atom stereocenters. The molecule has 0 aromatic heterocycles. The first-order valence-electron chi connectivity index (χ1n) is 4.00. The van der Waals surface area contributed by atoms with Gasteiger partial charge in [-0.2, -0.15) is 0 Å². The van der Waals surface area contributed by atoms with Gasteiger partial charge >= 0.3 is 5.97 Å². The number of fused-ring (bicyclic) bond motifs is 1. The highest BCUT2D eigenvalue weighted by Crippen LogP contribution is 2.42. The Morgan fingerprint density at radius 3 is 3.33 bits per heavy atom. The molecule has 0 amide bonds. The van der Waals surface area contributed by atoms with Gasteiger partial charge in [0.25, 0.3) is 0 Å². The van der Waals surface area contributed by atoms with Crippen molar-refractivity contribution in [3.63, 3.8) is 0 Å². The highest BCUT2D eigenvalue weighted by atomic mass is 32.2. The van der Waals surface area contributed by atoms with Crippen molar-refractivity contribution in [2.45, 2.75) is 18.1 Å². The molecule has 2 nitrogen and oxygen atoms in total. The quantitative estimate of drug-likeness (QED) is 0.664. The second kappa shape index (κ2) is 2.98. The Kier molecular flexibility index (Phi) is 1.97. The second-order valence-corrected chi connectivity index (χ2v) is 4.19. The lowest BCUT2D eigenvalue weighted by Gasteiger charge is -2.11. The minimum atomic E-state index is -0.714. The molecule has 1 aliphatic heterocycles. The van der Waals surface area contributed by atoms with Crippen molar-refractivity contribution in [1.82, 2.24) is 0 Å². The lowest BCUT2D eigenvalue weighted by Crippen LogP contribution is -2.10. The Labute approximate surface area is 75.3 Å². The van der Waals surface area contributed by atoms with Gasteiger partial charge in [-0.25, -0.2) is 0 Å². The van der Waals surface area contributed by atoms with Gasteiger partial charge in [0.1, 0.15) is 0 Å². The van der Waals surface area contributed by atoms with Gasteiger partial charge in [0, 0.05) is 5.25 Å². The molecule has 0 aromatic carbocycles. The van der Waals surface area contributed by atoms with Crippen LogP contribution in [0, 0.1) is 5.92 Å². The minimum absolute atomic E-state index is 0.218. The van der Waals surface area contributed by atoms with E-state index in [0.717, 1.165) is 12.0 Å². The van der Waals surface area contributed by atoms with E-state index in [1.165, 1.54) is 0 Å². The van der Waals surface area contributed by atoms with Gasteiger partial charge in [-0.05, 0) is 23.3 Å². The van der Waals surface area contributed by atoms with Crippen LogP contribution in [0.25, 0.3) is 0 Å². The zero-order chi connectivity index (χ0) is 8.55. The predicted octanol–water partition coefficient (Wildman–Crippen LogP) is 2.04. The lowest BCUT2D eigenvalue weighted by atomic mass is 10.0. The van der Waals surface area contributed by atoms with Crippen LogP contribution in [0.15, 0.2) is 23.1 Å². The molecule has 0 saturated carbocycles. The number of aliphatic carboxylic acids is 1. The fourth-order valence-corrected chi connectivity index (χ4v) is 2.97. The van der Waals surface area contributed by atoms with Crippen LogP contribution in [0.4, 0.5) is 0 Å². The molecule has 2 atom stereocenters. The number of hydrogen-bond acceptors (Lipinski definition) is 2. The third-order valence-corrected chi connectivity index (χ3v) is 3.57. The van der Waals surface area contributed by atoms with Gasteiger partial charge in [-0.15, -0.1) is 11.8 Å². The van der Waals surface area contributed by atoms with Crippen LogP contribution in [-0.2, 0) is 4.79 Å². The number of rotatable bonds is 2. The Morgan fingerprint density at radius 1 is 1.75 bits per heavy atom. The number of allylic oxidation sites excluding steroid dienone is 2. The maximum atomic E-state index is 10.5. The molecule has 64 valence electrons. The van der Waals surface area contributed by atoms with E-state index in [0.29, 0.717) is 11.2 Å². The van der Waals surface area contributed by atoms with Crippen LogP contribution in [-0.4, -0.2) is 16.3 Å². The van der Waals surface area contributed by atoms with E-state index in [-0.39, 0.29) is 6.42 Å². The topological polar surface area (TPSA) is 37.3 Å². The number of carboxylic acid groups (broad SMARTS) is 1. The molecule has 1 heterocycles. The Balaban J connectivity index is 2.04. The smallest absolute Gasteiger partial charge is 0.307 e. The fourth-order valence-electron chi connectivity index (χ4n) is 1.75. The molecular weight excluding hydrogens is 172 g/mol. The molecule has 0 aromatic rings. The largest absolute Gasteiger partial charge is 0.481 e. The lowest BCUT2D eigenvalue weighted by molar-refractivity contribution is -0.136. The van der Waals surface area contributed by atoms with Crippen molar-refractivity contribution in [2.24, 2.45) is 5.92 Å². The molecule has 1 aliphatic carbocycles. The molecule has 2 aliphatic rings. The standard InChI is InChI=1S/C9H10O2S/c10-8(11)5-7-2-1-6-3-4-12-9(6)7/h2-4,6,9H,1,5H2,(H,10,11). The van der Waals surface area contributed by atoms with Crippen molar-refractivity contribution in [2.75, 3.05) is 0 Å². The van der Waals surface area contributed by atoms with E-state index >= 15 is 0 Å². The predicted molar refractivity (Wildman–Crippen MR) is 49.0 cm³/mol. The zero-order valence-electron chi connectivity index (χ0n) is 6.56. The molecule has 0 bridgehead atoms. The van der Waals surface area contributed by atoms with Gasteiger partial charge in [0.2, 0.25) is 0 Å². The van der Waals surface area contributed by atoms with Crippen LogP contribution in [0.3, 0.4) is 0 Å². The van der Waals surface area contributed by atoms with Crippen LogP contribution in [0.5, 0.6) is 0 Å². The summed E-state index contributed by atoms with van der Waals surface area (Å²) >= 11 is 1.75. The molecule has 1 N–H and O–H groups in total. The average molecular weight is 182 g/mol. The summed E-state index contributed by atoms with van der Waals surface area (Å²) in [7, 11) is 0. The van der Waals surface area contributed by atoms with Crippen molar-refractivity contribution in [3.05, 3.63) is 23.1 Å². The van der Waals surface area contributed by atoms with Crippen molar-refractivity contribution < 1.29 is 9.90 Å². The summed E-state index contributed by atoms with van der Waals surface area (Å²) < 4.78 is 0. The third-order valence-electron chi connectivity index (χ3n) is 2.31. The van der Waals surface area contributed by atoms with Gasteiger partial charge in [-0.1, -0.05) is 12.2 Å². The van der Waals surface area contributed by atoms with Crippen LogP contribution in [0.1, 0.15) is 12.8 Å². The van der Waals surface area contributed by atoms with Crippen molar-refractivity contribution in [1.29, 1.82) is 0 Å². The molecule has 0 saturated heterocycles. The Hall–Kier alpha value is -0.700. The molecule has 2 rings (SSSR count). The number of hydrogen-bond donors (Lipinski definition) is 1. The van der Waals surface area contributed by atoms with E-state index in [4.69, 9.17) is 5.11 Å². The number of thioether (sulfide) groups is 1. The van der Waals surface area contributed by atoms with E-state index in [1.807, 2.05) is 0 Å². The molecule has 0 radical (unpaired) electrons. The SMILES string of the molecule is O=C(O)CC1=CCC2C=CSC12. The third kappa shape index (κ3) is 1.29. The summed E-state index contributed by atoms with van der Waals surface area (Å²) in [5.41, 5.74) is 1.10. The van der Waals surface area contributed by atoms with Gasteiger partial charge in [-0.3, -0.25) is 4.79 Å². The van der Waals surface area contributed by atoms with Crippen LogP contribution in [0.2, 0.25) is 0 Å². The van der Waals surface area contributed by atoms with Gasteiger partial charge in [0.15, 0.2) is 0 Å². The first-order valence-corrected chi connectivity index (χ1v) is 4.94. The molecule has 0 spiro atoms. The van der Waals surface area contributed by atoms with Crippen LogP contribution >= 0.6 is 11.8 Å². The van der Waals surface area contributed by atoms with E-state index in [2.05, 4.69) is 17.6 Å². The second-order valence-electron chi connectivity index (χ2n) is 3.13. The summed E-state index contributed by atoms with van der Waals surface area (Å²) in [6.07, 6.45) is 5.51. The summed E-state index contributed by atoms with van der Waals surface area (Å²) in [6.45, 7) is 0. The average Bonchev–Trinajstić information content (AvgIpc) is 2.52. The minimum Gasteiger partial charge on any atom is -0.481 e. The highest BCUT2D eigenvalue weighted by molar-refractivity contribution is 8.03. The summed E-state index contributed by atoms with van der Waals surface area (Å²) in [5, 5.41) is 11.1. The first kappa shape index (κ1) is 7.92. The number of carbonyl (C=O) groups is 1.